The summed E-state index contributed by atoms with van der Waals surface area (Å²) in [4.78, 5) is 16.6. The van der Waals surface area contributed by atoms with Crippen LogP contribution in [0.15, 0.2) is 42.5 Å². The highest BCUT2D eigenvalue weighted by Gasteiger charge is 2.44. The molecule has 2 saturated heterocycles. The lowest BCUT2D eigenvalue weighted by atomic mass is 9.91. The minimum absolute atomic E-state index is 0.0545. The molecule has 2 aromatic carbocycles. The molecule has 4 rings (SSSR count). The third-order valence-corrected chi connectivity index (χ3v) is 6.64. The Morgan fingerprint density at radius 2 is 1.49 bits per heavy atom. The zero-order valence-electron chi connectivity index (χ0n) is 19.8. The Kier molecular flexibility index (Phi) is 7.70. The molecule has 1 atom stereocenters. The Morgan fingerprint density at radius 3 is 2.05 bits per heavy atom. The first-order chi connectivity index (χ1) is 17.4. The summed E-state index contributed by atoms with van der Waals surface area (Å²) in [5, 5.41) is 2.85. The molecule has 0 spiro atoms. The summed E-state index contributed by atoms with van der Waals surface area (Å²) in [5.74, 6) is -0.501. The first kappa shape index (κ1) is 27.2. The fraction of sp³-hybridized carbons (Fsp3) is 0.480. The highest BCUT2D eigenvalue weighted by Crippen LogP contribution is 2.37. The lowest BCUT2D eigenvalue weighted by molar-refractivity contribution is -0.143. The Hall–Kier alpha value is -2.86. The van der Waals surface area contributed by atoms with Gasteiger partial charge in [0.25, 0.3) is 0 Å². The van der Waals surface area contributed by atoms with Crippen LogP contribution in [0.25, 0.3) is 0 Å². The highest BCUT2D eigenvalue weighted by molar-refractivity contribution is 5.78. The number of carbonyl (C=O) groups excluding carboxylic acids is 1. The summed E-state index contributed by atoms with van der Waals surface area (Å²) in [7, 11) is 0. The third kappa shape index (κ3) is 6.53. The number of urea groups is 1. The molecule has 2 aliphatic heterocycles. The van der Waals surface area contributed by atoms with Gasteiger partial charge in [-0.1, -0.05) is 12.1 Å². The average Bonchev–Trinajstić information content (AvgIpc) is 3.45. The smallest absolute Gasteiger partial charge is 0.374 e. The Bertz CT molecular complexity index is 1070. The molecule has 12 heteroatoms. The number of halogens is 7. The number of rotatable bonds is 8. The molecule has 0 aliphatic carbocycles. The topological polar surface area (TPSA) is 44.8 Å². The molecule has 0 saturated carbocycles. The van der Waals surface area contributed by atoms with Gasteiger partial charge >= 0.3 is 18.4 Å². The van der Waals surface area contributed by atoms with Crippen molar-refractivity contribution in [2.75, 3.05) is 39.3 Å². The number of alkyl halides is 6. The highest BCUT2D eigenvalue weighted by atomic mass is 19.4. The van der Waals surface area contributed by atoms with E-state index in [1.165, 1.54) is 24.3 Å². The summed E-state index contributed by atoms with van der Waals surface area (Å²) in [5.41, 5.74) is -3.84. The molecule has 5 nitrogen and oxygen atoms in total. The molecule has 1 unspecified atom stereocenters. The number of benzene rings is 2. The van der Waals surface area contributed by atoms with Gasteiger partial charge in [0, 0.05) is 13.1 Å². The van der Waals surface area contributed by atoms with Gasteiger partial charge in [-0.2, -0.15) is 26.3 Å². The minimum Gasteiger partial charge on any atom is -0.374 e. The van der Waals surface area contributed by atoms with Crippen LogP contribution in [0.3, 0.4) is 0 Å². The van der Waals surface area contributed by atoms with Crippen LogP contribution >= 0.6 is 0 Å². The molecule has 2 fully saturated rings. The van der Waals surface area contributed by atoms with Gasteiger partial charge in [-0.25, -0.2) is 9.18 Å². The van der Waals surface area contributed by atoms with Crippen molar-refractivity contribution >= 4 is 6.03 Å². The number of amides is 2. The fourth-order valence-corrected chi connectivity index (χ4v) is 4.71. The van der Waals surface area contributed by atoms with Crippen molar-refractivity contribution in [3.05, 3.63) is 70.5 Å². The van der Waals surface area contributed by atoms with E-state index >= 15 is 0 Å². The van der Waals surface area contributed by atoms with Crippen molar-refractivity contribution in [1.82, 2.24) is 15.1 Å². The summed E-state index contributed by atoms with van der Waals surface area (Å²) >= 11 is 0. The van der Waals surface area contributed by atoms with Gasteiger partial charge in [0.15, 0.2) is 0 Å². The number of hydrogen-bond donors (Lipinski definition) is 1. The first-order valence-electron chi connectivity index (χ1n) is 11.8. The summed E-state index contributed by atoms with van der Waals surface area (Å²) < 4.78 is 98.4. The predicted molar refractivity (Wildman–Crippen MR) is 120 cm³/mol. The predicted octanol–water partition coefficient (Wildman–Crippen LogP) is 5.40. The number of carbonyl (C=O) groups is 1. The van der Waals surface area contributed by atoms with E-state index in [0.717, 1.165) is 25.9 Å². The number of hydrogen-bond acceptors (Lipinski definition) is 3. The summed E-state index contributed by atoms with van der Waals surface area (Å²) in [6, 6.07) is 6.23. The van der Waals surface area contributed by atoms with Crippen molar-refractivity contribution in [2.45, 2.75) is 37.3 Å². The van der Waals surface area contributed by atoms with E-state index in [-0.39, 0.29) is 30.8 Å². The molecule has 1 N–H and O–H groups in total. The van der Waals surface area contributed by atoms with E-state index in [1.807, 2.05) is 0 Å². The normalized spacial score (nSPS) is 21.1. The Morgan fingerprint density at radius 1 is 0.892 bits per heavy atom. The molecule has 2 aromatic rings. The average molecular weight is 533 g/mol. The standard InChI is InChI=1S/C25H26F7N3O2/c26-21-5-3-18(4-6-21)23(15-35(22(36)33-23)10-9-34-7-1-2-8-34)16-37-14-17-11-19(24(27,28)29)13-20(12-17)25(30,31)32/h3-6,11-13H,1-2,7-10,14-16H2,(H,33,36). The Labute approximate surface area is 209 Å². The van der Waals surface area contributed by atoms with Crippen LogP contribution in [0.1, 0.15) is 35.1 Å². The number of likely N-dealkylation sites (tertiary alicyclic amines) is 1. The fourth-order valence-electron chi connectivity index (χ4n) is 4.71. The van der Waals surface area contributed by atoms with Crippen LogP contribution in [-0.4, -0.2) is 55.2 Å². The zero-order chi connectivity index (χ0) is 26.8. The van der Waals surface area contributed by atoms with Crippen molar-refractivity contribution in [3.63, 3.8) is 0 Å². The molecule has 0 radical (unpaired) electrons. The molecule has 37 heavy (non-hydrogen) atoms. The van der Waals surface area contributed by atoms with Gasteiger partial charge in [0.1, 0.15) is 11.4 Å². The van der Waals surface area contributed by atoms with E-state index in [9.17, 15) is 35.5 Å². The van der Waals surface area contributed by atoms with Crippen LogP contribution in [0.5, 0.6) is 0 Å². The molecule has 2 amide bonds. The number of ether oxygens (including phenoxy) is 1. The van der Waals surface area contributed by atoms with Crippen molar-refractivity contribution in [1.29, 1.82) is 0 Å². The monoisotopic (exact) mass is 533 g/mol. The van der Waals surface area contributed by atoms with Crippen molar-refractivity contribution in [3.8, 4) is 0 Å². The maximum Gasteiger partial charge on any atom is 0.416 e. The quantitative estimate of drug-likeness (QED) is 0.463. The van der Waals surface area contributed by atoms with Gasteiger partial charge in [-0.15, -0.1) is 0 Å². The second-order valence-electron chi connectivity index (χ2n) is 9.40. The number of nitrogens with zero attached hydrogens (tertiary/aromatic N) is 2. The van der Waals surface area contributed by atoms with Crippen molar-refractivity contribution in [2.24, 2.45) is 0 Å². The second kappa shape index (κ2) is 10.5. The van der Waals surface area contributed by atoms with E-state index < -0.39 is 41.4 Å². The van der Waals surface area contributed by atoms with Gasteiger partial charge in [0.05, 0.1) is 30.9 Å². The lowest BCUT2D eigenvalue weighted by Gasteiger charge is -2.29. The molecule has 0 bridgehead atoms. The second-order valence-corrected chi connectivity index (χ2v) is 9.40. The first-order valence-corrected chi connectivity index (χ1v) is 11.8. The molecule has 0 aromatic heterocycles. The van der Waals surface area contributed by atoms with Gasteiger partial charge < -0.3 is 19.9 Å². The third-order valence-electron chi connectivity index (χ3n) is 6.64. The van der Waals surface area contributed by atoms with E-state index in [0.29, 0.717) is 30.8 Å². The van der Waals surface area contributed by atoms with Crippen LogP contribution in [-0.2, 0) is 29.2 Å². The van der Waals surface area contributed by atoms with E-state index in [1.54, 1.807) is 4.90 Å². The Balaban J connectivity index is 1.52. The minimum atomic E-state index is -4.97. The van der Waals surface area contributed by atoms with E-state index in [2.05, 4.69) is 10.2 Å². The largest absolute Gasteiger partial charge is 0.416 e. The molecule has 2 heterocycles. The van der Waals surface area contributed by atoms with Crippen LogP contribution < -0.4 is 5.32 Å². The zero-order valence-corrected chi connectivity index (χ0v) is 19.8. The number of nitrogens with one attached hydrogen (secondary N) is 1. The summed E-state index contributed by atoms with van der Waals surface area (Å²) in [6.45, 7) is 2.32. The lowest BCUT2D eigenvalue weighted by Crippen LogP contribution is -2.44. The molecule has 2 aliphatic rings. The maximum atomic E-state index is 13.6. The summed E-state index contributed by atoms with van der Waals surface area (Å²) in [6.07, 6.45) is -7.77. The van der Waals surface area contributed by atoms with Crippen molar-refractivity contribution < 1.29 is 40.3 Å². The SMILES string of the molecule is O=C1NC(COCc2cc(C(F)(F)F)cc(C(F)(F)F)c2)(c2ccc(F)cc2)CN1CCN1CCCC1. The molecule has 202 valence electrons. The van der Waals surface area contributed by atoms with Crippen LogP contribution in [0.4, 0.5) is 35.5 Å². The van der Waals surface area contributed by atoms with Gasteiger partial charge in [-0.3, -0.25) is 0 Å². The maximum absolute atomic E-state index is 13.6. The van der Waals surface area contributed by atoms with Crippen LogP contribution in [0.2, 0.25) is 0 Å². The van der Waals surface area contributed by atoms with E-state index in [4.69, 9.17) is 4.74 Å². The van der Waals surface area contributed by atoms with Gasteiger partial charge in [0.2, 0.25) is 0 Å². The molecular weight excluding hydrogens is 507 g/mol. The molecular formula is C25H26F7N3O2. The van der Waals surface area contributed by atoms with Crippen LogP contribution in [0, 0.1) is 5.82 Å². The van der Waals surface area contributed by atoms with Gasteiger partial charge in [-0.05, 0) is 67.4 Å².